The average molecular weight is 281 g/mol. The number of anilines is 2. The number of hydrogen-bond donors (Lipinski definition) is 2. The van der Waals surface area contributed by atoms with E-state index in [0.717, 1.165) is 0 Å². The van der Waals surface area contributed by atoms with Crippen LogP contribution in [-0.2, 0) is 0 Å². The number of ether oxygens (including phenoxy) is 1. The lowest BCUT2D eigenvalue weighted by atomic mass is 10.3. The molecule has 0 aliphatic rings. The summed E-state index contributed by atoms with van der Waals surface area (Å²) in [5.74, 6) is -0.0252. The largest absolute Gasteiger partial charge is 0.448 e. The Hall–Kier alpha value is -2.54. The summed E-state index contributed by atoms with van der Waals surface area (Å²) in [7, 11) is 0. The van der Waals surface area contributed by atoms with Gasteiger partial charge in [0, 0.05) is 18.0 Å². The molecule has 2 aromatic rings. The monoisotopic (exact) mass is 280 g/mol. The molecule has 2 rings (SSSR count). The minimum atomic E-state index is -0.664. The van der Waals surface area contributed by atoms with E-state index in [0.29, 0.717) is 5.69 Å². The molecule has 7 nitrogen and oxygen atoms in total. The van der Waals surface area contributed by atoms with E-state index in [2.05, 4.69) is 4.98 Å². The van der Waals surface area contributed by atoms with Crippen molar-refractivity contribution < 1.29 is 9.66 Å². The zero-order valence-corrected chi connectivity index (χ0v) is 10.3. The van der Waals surface area contributed by atoms with Gasteiger partial charge < -0.3 is 16.2 Å². The minimum Gasteiger partial charge on any atom is -0.448 e. The molecule has 0 atom stereocenters. The van der Waals surface area contributed by atoms with E-state index in [-0.39, 0.29) is 22.3 Å². The first kappa shape index (κ1) is 12.9. The van der Waals surface area contributed by atoms with Gasteiger partial charge in [0.05, 0.1) is 9.95 Å². The SMILES string of the molecule is Nc1ccc(Oc2ccnc(N)c2[N+](=O)[O-])c(Cl)c1. The van der Waals surface area contributed by atoms with Gasteiger partial charge in [-0.15, -0.1) is 0 Å². The molecule has 1 heterocycles. The van der Waals surface area contributed by atoms with E-state index < -0.39 is 10.6 Å². The second-order valence-electron chi connectivity index (χ2n) is 3.59. The predicted octanol–water partition coefficient (Wildman–Crippen LogP) is 2.60. The van der Waals surface area contributed by atoms with E-state index in [4.69, 9.17) is 27.8 Å². The van der Waals surface area contributed by atoms with Crippen LogP contribution in [0.2, 0.25) is 5.02 Å². The Kier molecular flexibility index (Phi) is 3.39. The zero-order valence-electron chi connectivity index (χ0n) is 9.54. The highest BCUT2D eigenvalue weighted by atomic mass is 35.5. The van der Waals surface area contributed by atoms with Crippen molar-refractivity contribution in [2.75, 3.05) is 11.5 Å². The van der Waals surface area contributed by atoms with Crippen molar-refractivity contribution in [3.8, 4) is 11.5 Å². The van der Waals surface area contributed by atoms with E-state index in [1.807, 2.05) is 0 Å². The first-order valence-electron chi connectivity index (χ1n) is 5.11. The average Bonchev–Trinajstić information content (AvgIpc) is 2.32. The van der Waals surface area contributed by atoms with Gasteiger partial charge in [0.15, 0.2) is 0 Å². The lowest BCUT2D eigenvalue weighted by Gasteiger charge is -2.08. The summed E-state index contributed by atoms with van der Waals surface area (Å²) in [4.78, 5) is 13.9. The molecule has 0 bridgehead atoms. The van der Waals surface area contributed by atoms with Gasteiger partial charge in [-0.1, -0.05) is 11.6 Å². The third-order valence-corrected chi connectivity index (χ3v) is 2.57. The van der Waals surface area contributed by atoms with E-state index in [1.165, 1.54) is 24.4 Å². The van der Waals surface area contributed by atoms with Gasteiger partial charge >= 0.3 is 5.69 Å². The fourth-order valence-corrected chi connectivity index (χ4v) is 1.66. The molecule has 1 aromatic heterocycles. The number of nitrogens with two attached hydrogens (primary N) is 2. The van der Waals surface area contributed by atoms with Gasteiger partial charge in [0.1, 0.15) is 5.75 Å². The molecule has 0 saturated carbocycles. The Labute approximate surface area is 112 Å². The Bertz CT molecular complexity index is 648. The normalized spacial score (nSPS) is 10.2. The Morgan fingerprint density at radius 1 is 1.26 bits per heavy atom. The highest BCUT2D eigenvalue weighted by Crippen LogP contribution is 2.37. The molecule has 0 unspecified atom stereocenters. The van der Waals surface area contributed by atoms with Gasteiger partial charge in [-0.3, -0.25) is 10.1 Å². The van der Waals surface area contributed by atoms with Crippen LogP contribution in [0.5, 0.6) is 11.5 Å². The topological polar surface area (TPSA) is 117 Å². The fourth-order valence-electron chi connectivity index (χ4n) is 1.44. The Morgan fingerprint density at radius 2 is 2.00 bits per heavy atom. The summed E-state index contributed by atoms with van der Waals surface area (Å²) in [6.45, 7) is 0. The Morgan fingerprint density at radius 3 is 2.63 bits per heavy atom. The number of pyridine rings is 1. The molecule has 98 valence electrons. The van der Waals surface area contributed by atoms with Gasteiger partial charge in [-0.25, -0.2) is 4.98 Å². The zero-order chi connectivity index (χ0) is 14.0. The number of aromatic nitrogens is 1. The van der Waals surface area contributed by atoms with Crippen molar-refractivity contribution in [3.63, 3.8) is 0 Å². The first-order valence-corrected chi connectivity index (χ1v) is 5.48. The van der Waals surface area contributed by atoms with Crippen molar-refractivity contribution in [1.82, 2.24) is 4.98 Å². The summed E-state index contributed by atoms with van der Waals surface area (Å²) in [5, 5.41) is 11.2. The lowest BCUT2D eigenvalue weighted by Crippen LogP contribution is -2.00. The number of benzene rings is 1. The molecular formula is C11H9ClN4O3. The number of nitrogens with zero attached hydrogens (tertiary/aromatic N) is 2. The summed E-state index contributed by atoms with van der Waals surface area (Å²) in [6, 6.07) is 5.89. The molecule has 0 amide bonds. The van der Waals surface area contributed by atoms with Crippen molar-refractivity contribution >= 4 is 28.8 Å². The maximum atomic E-state index is 10.9. The standard InChI is InChI=1S/C11H9ClN4O3/c12-7-5-6(13)1-2-8(7)19-9-3-4-15-11(14)10(9)16(17)18/h1-5H,13H2,(H2,14,15). The quantitative estimate of drug-likeness (QED) is 0.507. The summed E-state index contributed by atoms with van der Waals surface area (Å²) < 4.78 is 5.39. The van der Waals surface area contributed by atoms with Crippen LogP contribution in [0.4, 0.5) is 17.2 Å². The highest BCUT2D eigenvalue weighted by molar-refractivity contribution is 6.32. The van der Waals surface area contributed by atoms with Crippen molar-refractivity contribution in [2.45, 2.75) is 0 Å². The number of halogens is 1. The second kappa shape index (κ2) is 4.99. The first-order chi connectivity index (χ1) is 8.99. The molecule has 0 aliphatic carbocycles. The van der Waals surface area contributed by atoms with Crippen LogP contribution in [0, 0.1) is 10.1 Å². The van der Waals surface area contributed by atoms with E-state index in [9.17, 15) is 10.1 Å². The van der Waals surface area contributed by atoms with Crippen molar-refractivity contribution in [1.29, 1.82) is 0 Å². The molecule has 8 heteroatoms. The smallest absolute Gasteiger partial charge is 0.353 e. The van der Waals surface area contributed by atoms with Crippen molar-refractivity contribution in [3.05, 3.63) is 45.6 Å². The van der Waals surface area contributed by atoms with Crippen LogP contribution in [0.25, 0.3) is 0 Å². The van der Waals surface area contributed by atoms with E-state index in [1.54, 1.807) is 6.07 Å². The third kappa shape index (κ3) is 2.66. The van der Waals surface area contributed by atoms with Crippen LogP contribution in [0.15, 0.2) is 30.5 Å². The maximum absolute atomic E-state index is 10.9. The van der Waals surface area contributed by atoms with Crippen LogP contribution >= 0.6 is 11.6 Å². The van der Waals surface area contributed by atoms with Crippen LogP contribution in [-0.4, -0.2) is 9.91 Å². The minimum absolute atomic E-state index is 0.0378. The second-order valence-corrected chi connectivity index (χ2v) is 4.00. The van der Waals surface area contributed by atoms with Crippen LogP contribution in [0.1, 0.15) is 0 Å². The van der Waals surface area contributed by atoms with Crippen molar-refractivity contribution in [2.24, 2.45) is 0 Å². The third-order valence-electron chi connectivity index (χ3n) is 2.27. The summed E-state index contributed by atoms with van der Waals surface area (Å²) in [5.41, 5.74) is 11.0. The summed E-state index contributed by atoms with van der Waals surface area (Å²) in [6.07, 6.45) is 1.31. The Balaban J connectivity index is 2.44. The molecule has 0 saturated heterocycles. The molecule has 19 heavy (non-hydrogen) atoms. The van der Waals surface area contributed by atoms with Gasteiger partial charge in [0.2, 0.25) is 11.6 Å². The summed E-state index contributed by atoms with van der Waals surface area (Å²) >= 11 is 5.93. The number of nitro groups is 1. The van der Waals surface area contributed by atoms with Crippen LogP contribution in [0.3, 0.4) is 0 Å². The van der Waals surface area contributed by atoms with Gasteiger partial charge in [-0.05, 0) is 18.2 Å². The van der Waals surface area contributed by atoms with Gasteiger partial charge in [-0.2, -0.15) is 0 Å². The number of nitrogen functional groups attached to an aromatic ring is 2. The number of rotatable bonds is 3. The highest BCUT2D eigenvalue weighted by Gasteiger charge is 2.21. The molecule has 0 aliphatic heterocycles. The molecule has 0 fully saturated rings. The maximum Gasteiger partial charge on any atom is 0.353 e. The number of hydrogen-bond acceptors (Lipinski definition) is 6. The fraction of sp³-hybridized carbons (Fsp3) is 0. The molecular weight excluding hydrogens is 272 g/mol. The van der Waals surface area contributed by atoms with E-state index >= 15 is 0 Å². The predicted molar refractivity (Wildman–Crippen MR) is 71.2 cm³/mol. The molecule has 0 spiro atoms. The lowest BCUT2D eigenvalue weighted by molar-refractivity contribution is -0.384. The molecule has 0 radical (unpaired) electrons. The molecule has 1 aromatic carbocycles. The molecule has 4 N–H and O–H groups in total. The van der Waals surface area contributed by atoms with Crippen LogP contribution < -0.4 is 16.2 Å². The van der Waals surface area contributed by atoms with Gasteiger partial charge in [0.25, 0.3) is 0 Å².